The van der Waals surface area contributed by atoms with E-state index in [0.717, 1.165) is 22.9 Å². The minimum absolute atomic E-state index is 0.0785. The number of hydrogen-bond donors (Lipinski definition) is 1. The highest BCUT2D eigenvalue weighted by molar-refractivity contribution is 5.95. The van der Waals surface area contributed by atoms with Crippen LogP contribution in [-0.4, -0.2) is 12.0 Å². The van der Waals surface area contributed by atoms with E-state index in [2.05, 4.69) is 5.32 Å². The zero-order valence-electron chi connectivity index (χ0n) is 14.6. The molecule has 3 nitrogen and oxygen atoms in total. The number of alkyl halides is 3. The van der Waals surface area contributed by atoms with Crippen LogP contribution in [-0.2, 0) is 11.0 Å². The average Bonchev–Trinajstić information content (AvgIpc) is 2.65. The molecule has 0 spiro atoms. The van der Waals surface area contributed by atoms with Gasteiger partial charge in [-0.2, -0.15) is 13.2 Å². The van der Waals surface area contributed by atoms with Crippen LogP contribution in [0.15, 0.2) is 66.7 Å². The van der Waals surface area contributed by atoms with Gasteiger partial charge in [0.2, 0.25) is 0 Å². The molecule has 0 aliphatic heterocycles. The van der Waals surface area contributed by atoms with Crippen LogP contribution in [0.2, 0.25) is 0 Å². The van der Waals surface area contributed by atoms with Gasteiger partial charge in [0.1, 0.15) is 5.75 Å². The summed E-state index contributed by atoms with van der Waals surface area (Å²) in [4.78, 5) is 12.5. The number of rotatable bonds is 5. The molecular formula is C21H18F3NO2. The number of anilines is 1. The van der Waals surface area contributed by atoms with Crippen molar-refractivity contribution in [3.8, 4) is 5.75 Å². The summed E-state index contributed by atoms with van der Waals surface area (Å²) in [6, 6.07) is 17.7. The lowest BCUT2D eigenvalue weighted by Crippen LogP contribution is -2.32. The number of fused-ring (bicyclic) bond motifs is 1. The van der Waals surface area contributed by atoms with Gasteiger partial charge in [-0.3, -0.25) is 4.79 Å². The van der Waals surface area contributed by atoms with Crippen molar-refractivity contribution in [1.29, 1.82) is 0 Å². The lowest BCUT2D eigenvalue weighted by molar-refractivity contribution is -0.137. The van der Waals surface area contributed by atoms with E-state index in [1.165, 1.54) is 12.1 Å². The molecule has 140 valence electrons. The summed E-state index contributed by atoms with van der Waals surface area (Å²) in [7, 11) is 0. The highest BCUT2D eigenvalue weighted by Gasteiger charge is 2.30. The molecule has 1 atom stereocenters. The lowest BCUT2D eigenvalue weighted by atomic mass is 10.1. The second-order valence-corrected chi connectivity index (χ2v) is 6.06. The third kappa shape index (κ3) is 4.39. The molecular weight excluding hydrogens is 355 g/mol. The Labute approximate surface area is 154 Å². The molecule has 0 heterocycles. The number of nitrogens with one attached hydrogen (secondary N) is 1. The maximum absolute atomic E-state index is 12.8. The second kappa shape index (κ2) is 7.70. The molecule has 0 aromatic heterocycles. The normalized spacial score (nSPS) is 12.6. The maximum Gasteiger partial charge on any atom is 0.416 e. The van der Waals surface area contributed by atoms with Gasteiger partial charge >= 0.3 is 6.18 Å². The number of carbonyl (C=O) groups excluding carboxylic acids is 1. The zero-order valence-corrected chi connectivity index (χ0v) is 14.6. The Morgan fingerprint density at radius 3 is 2.48 bits per heavy atom. The molecule has 1 amide bonds. The molecule has 3 rings (SSSR count). The zero-order chi connectivity index (χ0) is 19.4. The van der Waals surface area contributed by atoms with Gasteiger partial charge in [-0.1, -0.05) is 49.4 Å². The van der Waals surface area contributed by atoms with Crippen molar-refractivity contribution in [2.45, 2.75) is 25.6 Å². The van der Waals surface area contributed by atoms with E-state index >= 15 is 0 Å². The van der Waals surface area contributed by atoms with Crippen LogP contribution < -0.4 is 10.1 Å². The molecule has 0 unspecified atom stereocenters. The molecule has 1 N–H and O–H groups in total. The fourth-order valence-corrected chi connectivity index (χ4v) is 2.77. The highest BCUT2D eigenvalue weighted by atomic mass is 19.4. The fraction of sp³-hybridized carbons (Fsp3) is 0.190. The van der Waals surface area contributed by atoms with Crippen LogP contribution in [0.5, 0.6) is 5.75 Å². The molecule has 0 radical (unpaired) electrons. The van der Waals surface area contributed by atoms with E-state index in [4.69, 9.17) is 4.74 Å². The molecule has 0 saturated carbocycles. The molecule has 0 bridgehead atoms. The largest absolute Gasteiger partial charge is 0.480 e. The van der Waals surface area contributed by atoms with E-state index < -0.39 is 23.8 Å². The van der Waals surface area contributed by atoms with Crippen molar-refractivity contribution in [3.63, 3.8) is 0 Å². The predicted molar refractivity (Wildman–Crippen MR) is 98.7 cm³/mol. The Hall–Kier alpha value is -3.02. The van der Waals surface area contributed by atoms with Crippen molar-refractivity contribution in [1.82, 2.24) is 0 Å². The minimum Gasteiger partial charge on any atom is -0.480 e. The van der Waals surface area contributed by atoms with Crippen molar-refractivity contribution in [2.75, 3.05) is 5.32 Å². The summed E-state index contributed by atoms with van der Waals surface area (Å²) in [5.74, 6) is 0.0592. The monoisotopic (exact) mass is 373 g/mol. The predicted octanol–water partition coefficient (Wildman–Crippen LogP) is 5.65. The molecule has 0 fully saturated rings. The lowest BCUT2D eigenvalue weighted by Gasteiger charge is -2.19. The SMILES string of the molecule is CC[C@@H](Oc1cccc2ccccc12)C(=O)Nc1cccc(C(F)(F)F)c1. The Morgan fingerprint density at radius 1 is 1.04 bits per heavy atom. The standard InChI is InChI=1S/C21H18F3NO2/c1-2-18(27-19-12-5-8-14-7-3-4-11-17(14)19)20(26)25-16-10-6-9-15(13-16)21(22,23)24/h3-13,18H,2H2,1H3,(H,25,26)/t18-/m1/s1. The van der Waals surface area contributed by atoms with Gasteiger partial charge in [-0.05, 0) is 36.1 Å². The number of hydrogen-bond acceptors (Lipinski definition) is 2. The van der Waals surface area contributed by atoms with Gasteiger partial charge < -0.3 is 10.1 Å². The van der Waals surface area contributed by atoms with Crippen molar-refractivity contribution in [2.24, 2.45) is 0 Å². The Balaban J connectivity index is 1.79. The summed E-state index contributed by atoms with van der Waals surface area (Å²) in [5.41, 5.74) is -0.738. The maximum atomic E-state index is 12.8. The smallest absolute Gasteiger partial charge is 0.416 e. The molecule has 3 aromatic rings. The number of benzene rings is 3. The Kier molecular flexibility index (Phi) is 5.35. The third-order valence-corrected chi connectivity index (χ3v) is 4.14. The van der Waals surface area contributed by atoms with Crippen molar-refractivity contribution in [3.05, 3.63) is 72.3 Å². The van der Waals surface area contributed by atoms with Crippen molar-refractivity contribution < 1.29 is 22.7 Å². The first-order valence-corrected chi connectivity index (χ1v) is 8.51. The van der Waals surface area contributed by atoms with Crippen LogP contribution in [0, 0.1) is 0 Å². The first kappa shape index (κ1) is 18.8. The van der Waals surface area contributed by atoms with Gasteiger partial charge in [-0.15, -0.1) is 0 Å². The van der Waals surface area contributed by atoms with Crippen LogP contribution in [0.25, 0.3) is 10.8 Å². The van der Waals surface area contributed by atoms with Crippen LogP contribution in [0.3, 0.4) is 0 Å². The first-order valence-electron chi connectivity index (χ1n) is 8.51. The van der Waals surface area contributed by atoms with Gasteiger partial charge in [0, 0.05) is 11.1 Å². The number of amides is 1. The second-order valence-electron chi connectivity index (χ2n) is 6.06. The third-order valence-electron chi connectivity index (χ3n) is 4.14. The van der Waals surface area contributed by atoms with E-state index in [0.29, 0.717) is 12.2 Å². The molecule has 27 heavy (non-hydrogen) atoms. The van der Waals surface area contributed by atoms with Gasteiger partial charge in [0.05, 0.1) is 5.56 Å². The summed E-state index contributed by atoms with van der Waals surface area (Å²) >= 11 is 0. The van der Waals surface area contributed by atoms with Gasteiger partial charge in [0.15, 0.2) is 6.10 Å². The topological polar surface area (TPSA) is 38.3 Å². The van der Waals surface area contributed by atoms with Gasteiger partial charge in [-0.25, -0.2) is 0 Å². The van der Waals surface area contributed by atoms with Crippen LogP contribution in [0.4, 0.5) is 18.9 Å². The van der Waals surface area contributed by atoms with Gasteiger partial charge in [0.25, 0.3) is 5.91 Å². The van der Waals surface area contributed by atoms with E-state index in [1.807, 2.05) is 36.4 Å². The van der Waals surface area contributed by atoms with Crippen LogP contribution >= 0.6 is 0 Å². The molecule has 0 aliphatic rings. The first-order chi connectivity index (χ1) is 12.9. The van der Waals surface area contributed by atoms with Crippen molar-refractivity contribution >= 4 is 22.4 Å². The molecule has 0 saturated heterocycles. The highest BCUT2D eigenvalue weighted by Crippen LogP contribution is 2.31. The molecule has 0 aliphatic carbocycles. The molecule has 6 heteroatoms. The molecule has 3 aromatic carbocycles. The van der Waals surface area contributed by atoms with E-state index in [-0.39, 0.29) is 5.69 Å². The van der Waals surface area contributed by atoms with Crippen LogP contribution in [0.1, 0.15) is 18.9 Å². The summed E-state index contributed by atoms with van der Waals surface area (Å²) in [6.45, 7) is 1.78. The summed E-state index contributed by atoms with van der Waals surface area (Å²) in [6.07, 6.45) is -4.93. The number of ether oxygens (including phenoxy) is 1. The Bertz CT molecular complexity index is 948. The fourth-order valence-electron chi connectivity index (χ4n) is 2.77. The number of carbonyl (C=O) groups is 1. The van der Waals surface area contributed by atoms with E-state index in [9.17, 15) is 18.0 Å². The average molecular weight is 373 g/mol. The number of halogens is 3. The Morgan fingerprint density at radius 2 is 1.74 bits per heavy atom. The summed E-state index contributed by atoms with van der Waals surface area (Å²) in [5, 5.41) is 4.35. The minimum atomic E-state index is -4.47. The van der Waals surface area contributed by atoms with E-state index in [1.54, 1.807) is 13.0 Å². The quantitative estimate of drug-likeness (QED) is 0.627. The summed E-state index contributed by atoms with van der Waals surface area (Å²) < 4.78 is 44.4.